The molecule has 0 saturated carbocycles. The lowest BCUT2D eigenvalue weighted by molar-refractivity contribution is -0.163. The van der Waals surface area contributed by atoms with Crippen molar-refractivity contribution in [3.63, 3.8) is 0 Å². The third kappa shape index (κ3) is 42.3. The molecule has 1 aromatic rings. The number of nitrogens with zero attached hydrogens (tertiary/aromatic N) is 4. The minimum atomic E-state index is -1.66. The third-order valence-electron chi connectivity index (χ3n) is 14.0. The van der Waals surface area contributed by atoms with Gasteiger partial charge in [0.15, 0.2) is 23.3 Å². The van der Waals surface area contributed by atoms with Crippen molar-refractivity contribution in [2.24, 2.45) is 0 Å². The molecule has 1 aromatic carbocycles. The van der Waals surface area contributed by atoms with Crippen molar-refractivity contribution in [1.82, 2.24) is 35.6 Å². The van der Waals surface area contributed by atoms with Crippen LogP contribution in [-0.4, -0.2) is 266 Å². The van der Waals surface area contributed by atoms with E-state index in [-0.39, 0.29) is 136 Å². The highest BCUT2D eigenvalue weighted by Gasteiger charge is 2.34. The standard InChI is InChI=1S/C67H113F4N7O18/c1-64(2,3)93-57(82)46-75-25-27-76(47-58(83)94-65(4,5)6)29-31-78(32-30-77(28-26-75)48-59(84)95-66(7,8)9)54(63(86)96-67(10,11)12)21-22-55(80)72-23-17-16-19-53(74-56(81)20-15-14-18-49(79)44-50-60(70)51(68)45-52(69)61(50)71)62(85)73-24-33-88-36-37-90-40-41-92-43-42-91-39-38-89-35-34-87-13/h45,53-54H,14-44,46-48H2,1-13H3,(H,72,80)(H,73,85)(H,74,81)/t53-,54?/m1/s1. The molecule has 0 radical (unpaired) electrons. The maximum Gasteiger partial charge on any atom is 0.323 e. The van der Waals surface area contributed by atoms with Gasteiger partial charge >= 0.3 is 23.9 Å². The summed E-state index contributed by atoms with van der Waals surface area (Å²) in [6.07, 6.45) is -0.267. The van der Waals surface area contributed by atoms with E-state index in [1.165, 1.54) is 0 Å². The fourth-order valence-corrected chi connectivity index (χ4v) is 9.58. The van der Waals surface area contributed by atoms with Crippen molar-refractivity contribution in [2.45, 2.75) is 182 Å². The Hall–Kier alpha value is -5.50. The summed E-state index contributed by atoms with van der Waals surface area (Å²) in [7, 11) is 1.60. The summed E-state index contributed by atoms with van der Waals surface area (Å²) in [4.78, 5) is 115. The van der Waals surface area contributed by atoms with Gasteiger partial charge in [0.1, 0.15) is 40.3 Å². The molecule has 25 nitrogen and oxygen atoms in total. The SMILES string of the molecule is COCCOCCOCCOCCOCCOCCNC(=O)[C@@H](CCCCNC(=O)CCC(C(=O)OC(C)(C)C)N1CCN(CC(=O)OC(C)(C)C)CCN(CC(=O)OC(C)(C)C)CCN(CC(=O)OC(C)(C)C)CC1)NC(=O)CCCCC(=O)Cc1c(F)c(F)cc(F)c1F. The van der Waals surface area contributed by atoms with Gasteiger partial charge in [-0.3, -0.25) is 58.0 Å². The average Bonchev–Trinajstić information content (AvgIpc) is 0.830. The second-order valence-corrected chi connectivity index (χ2v) is 27.4. The van der Waals surface area contributed by atoms with E-state index in [4.69, 9.17) is 47.4 Å². The zero-order valence-electron chi connectivity index (χ0n) is 59.4. The summed E-state index contributed by atoms with van der Waals surface area (Å²) in [6.45, 7) is 27.4. The van der Waals surface area contributed by atoms with Crippen molar-refractivity contribution < 1.29 is 103 Å². The zero-order chi connectivity index (χ0) is 71.9. The first kappa shape index (κ1) is 86.6. The minimum absolute atomic E-state index is 0.0189. The molecule has 0 spiro atoms. The Kier molecular flexibility index (Phi) is 41.5. The predicted octanol–water partition coefficient (Wildman–Crippen LogP) is 5.27. The number of benzene rings is 1. The van der Waals surface area contributed by atoms with E-state index in [0.29, 0.717) is 91.9 Å². The van der Waals surface area contributed by atoms with Crippen molar-refractivity contribution in [3.8, 4) is 0 Å². The van der Waals surface area contributed by atoms with E-state index in [1.54, 1.807) is 90.2 Å². The van der Waals surface area contributed by atoms with Gasteiger partial charge in [-0.15, -0.1) is 0 Å². The Morgan fingerprint density at radius 1 is 0.458 bits per heavy atom. The number of amides is 3. The first-order valence-electron chi connectivity index (χ1n) is 33.4. The number of carbonyl (C=O) groups excluding carboxylic acids is 8. The number of ether oxygens (including phenoxy) is 10. The maximum absolute atomic E-state index is 14.4. The van der Waals surface area contributed by atoms with Crippen LogP contribution in [0.15, 0.2) is 6.07 Å². The number of halogens is 4. The molecule has 1 fully saturated rings. The van der Waals surface area contributed by atoms with Gasteiger partial charge in [-0.25, -0.2) is 17.6 Å². The molecule has 0 bridgehead atoms. The Morgan fingerprint density at radius 2 is 0.865 bits per heavy atom. The quantitative estimate of drug-likeness (QED) is 0.0247. The molecule has 3 N–H and O–H groups in total. The highest BCUT2D eigenvalue weighted by atomic mass is 19.2. The highest BCUT2D eigenvalue weighted by Crippen LogP contribution is 2.22. The van der Waals surface area contributed by atoms with E-state index < -0.39 is 111 Å². The van der Waals surface area contributed by atoms with Crippen molar-refractivity contribution in [2.75, 3.05) is 165 Å². The normalized spacial score (nSPS) is 15.2. The zero-order valence-corrected chi connectivity index (χ0v) is 59.4. The van der Waals surface area contributed by atoms with Gasteiger partial charge in [0.05, 0.1) is 92.3 Å². The first-order valence-corrected chi connectivity index (χ1v) is 33.4. The largest absolute Gasteiger partial charge is 0.459 e. The number of carbonyl (C=O) groups is 8. The number of methoxy groups -OCH3 is 1. The summed E-state index contributed by atoms with van der Waals surface area (Å²) in [5.41, 5.74) is -4.21. The van der Waals surface area contributed by atoms with Crippen LogP contribution in [0.3, 0.4) is 0 Å². The van der Waals surface area contributed by atoms with Crippen LogP contribution >= 0.6 is 0 Å². The Labute approximate surface area is 565 Å². The smallest absolute Gasteiger partial charge is 0.323 e. The van der Waals surface area contributed by atoms with E-state index in [2.05, 4.69) is 16.0 Å². The predicted molar refractivity (Wildman–Crippen MR) is 349 cm³/mol. The number of rotatable bonds is 43. The first-order chi connectivity index (χ1) is 45.0. The van der Waals surface area contributed by atoms with Crippen molar-refractivity contribution >= 4 is 47.4 Å². The second kappa shape index (κ2) is 46.0. The van der Waals surface area contributed by atoms with Crippen LogP contribution in [-0.2, 0) is 92.1 Å². The summed E-state index contributed by atoms with van der Waals surface area (Å²) in [6, 6.07) is -1.95. The lowest BCUT2D eigenvalue weighted by Crippen LogP contribution is -2.53. The summed E-state index contributed by atoms with van der Waals surface area (Å²) >= 11 is 0. The fraction of sp³-hybridized carbons (Fsp3) is 0.791. The molecule has 0 aromatic heterocycles. The number of hydrogen-bond acceptors (Lipinski definition) is 22. The van der Waals surface area contributed by atoms with Crippen molar-refractivity contribution in [1.29, 1.82) is 0 Å². The van der Waals surface area contributed by atoms with Crippen LogP contribution in [0.25, 0.3) is 0 Å². The molecule has 1 aliphatic heterocycles. The molecule has 2 rings (SSSR count). The summed E-state index contributed by atoms with van der Waals surface area (Å²) in [5, 5.41) is 8.41. The number of Topliss-reactive ketones (excluding diaryl/α,β-unsaturated/α-hetero) is 1. The van der Waals surface area contributed by atoms with Gasteiger partial charge in [0, 0.05) is 110 Å². The number of ketones is 1. The fourth-order valence-electron chi connectivity index (χ4n) is 9.58. The van der Waals surface area contributed by atoms with Gasteiger partial charge in [-0.2, -0.15) is 0 Å². The lowest BCUT2D eigenvalue weighted by atomic mass is 10.0. The summed E-state index contributed by atoms with van der Waals surface area (Å²) < 4.78 is 111. The molecule has 0 aliphatic carbocycles. The van der Waals surface area contributed by atoms with Crippen LogP contribution in [0.5, 0.6) is 0 Å². The van der Waals surface area contributed by atoms with Gasteiger partial charge in [0.2, 0.25) is 17.7 Å². The Bertz CT molecular complexity index is 2440. The molecular weight excluding hydrogens is 1270 g/mol. The average molecular weight is 1380 g/mol. The molecule has 1 saturated heterocycles. The minimum Gasteiger partial charge on any atom is -0.459 e. The lowest BCUT2D eigenvalue weighted by Gasteiger charge is -2.37. The van der Waals surface area contributed by atoms with Crippen LogP contribution < -0.4 is 16.0 Å². The van der Waals surface area contributed by atoms with Gasteiger partial charge in [-0.05, 0) is 122 Å². The molecule has 1 unspecified atom stereocenters. The number of hydrogen-bond donors (Lipinski definition) is 3. The Balaban J connectivity index is 2.20. The van der Waals surface area contributed by atoms with Crippen molar-refractivity contribution in [3.05, 3.63) is 34.9 Å². The number of nitrogens with one attached hydrogen (secondary N) is 3. The molecule has 1 heterocycles. The molecule has 29 heteroatoms. The molecular formula is C67H113F4N7O18. The Morgan fingerprint density at radius 3 is 1.29 bits per heavy atom. The summed E-state index contributed by atoms with van der Waals surface area (Å²) in [5.74, 6) is -10.6. The van der Waals surface area contributed by atoms with Crippen LogP contribution in [0.4, 0.5) is 17.6 Å². The van der Waals surface area contributed by atoms with Crippen LogP contribution in [0.1, 0.15) is 146 Å². The third-order valence-corrected chi connectivity index (χ3v) is 14.0. The maximum atomic E-state index is 14.4. The molecule has 1 aliphatic rings. The number of unbranched alkanes of at least 4 members (excludes halogenated alkanes) is 2. The van der Waals surface area contributed by atoms with E-state index in [0.717, 1.165) is 0 Å². The molecule has 552 valence electrons. The van der Waals surface area contributed by atoms with Crippen LogP contribution in [0, 0.1) is 23.3 Å². The highest BCUT2D eigenvalue weighted by molar-refractivity contribution is 5.87. The van der Waals surface area contributed by atoms with Gasteiger partial charge < -0.3 is 63.3 Å². The molecule has 96 heavy (non-hydrogen) atoms. The van der Waals surface area contributed by atoms with E-state index >= 15 is 0 Å². The van der Waals surface area contributed by atoms with E-state index in [9.17, 15) is 55.9 Å². The second-order valence-electron chi connectivity index (χ2n) is 27.4. The monoisotopic (exact) mass is 1380 g/mol. The van der Waals surface area contributed by atoms with E-state index in [1.807, 2.05) is 19.6 Å². The van der Waals surface area contributed by atoms with Crippen LogP contribution in [0.2, 0.25) is 0 Å². The van der Waals surface area contributed by atoms with Gasteiger partial charge in [-0.1, -0.05) is 0 Å². The number of esters is 4. The van der Waals surface area contributed by atoms with Gasteiger partial charge in [0.25, 0.3) is 0 Å². The molecule has 2 atom stereocenters. The molecule has 3 amide bonds. The topological polar surface area (TPSA) is 278 Å².